The molecule has 9 heteroatoms. The van der Waals surface area contributed by atoms with E-state index in [4.69, 9.17) is 14.2 Å². The van der Waals surface area contributed by atoms with Gasteiger partial charge in [0.1, 0.15) is 5.41 Å². The van der Waals surface area contributed by atoms with Crippen LogP contribution in [0.1, 0.15) is 58.8 Å². The molecule has 2 rings (SSSR count). The van der Waals surface area contributed by atoms with Crippen molar-refractivity contribution in [3.05, 3.63) is 11.8 Å². The van der Waals surface area contributed by atoms with Gasteiger partial charge in [-0.15, -0.1) is 0 Å². The molecule has 0 spiro atoms. The number of amides is 2. The van der Waals surface area contributed by atoms with Crippen molar-refractivity contribution in [2.24, 2.45) is 11.3 Å². The molecule has 1 saturated heterocycles. The number of fused-ring (bicyclic) bond motifs is 1. The lowest BCUT2D eigenvalue weighted by Crippen LogP contribution is -2.54. The van der Waals surface area contributed by atoms with Crippen LogP contribution in [0.5, 0.6) is 0 Å². The van der Waals surface area contributed by atoms with Crippen molar-refractivity contribution in [3.8, 4) is 0 Å². The lowest BCUT2D eigenvalue weighted by atomic mass is 9.67. The van der Waals surface area contributed by atoms with Gasteiger partial charge in [0.2, 0.25) is 11.8 Å². The van der Waals surface area contributed by atoms with Gasteiger partial charge in [0.15, 0.2) is 0 Å². The van der Waals surface area contributed by atoms with Crippen molar-refractivity contribution in [2.75, 3.05) is 40.0 Å². The smallest absolute Gasteiger partial charge is 0.318 e. The number of nitrogens with zero attached hydrogens (tertiary/aromatic N) is 1. The van der Waals surface area contributed by atoms with E-state index >= 15 is 0 Å². The standard InChI is InChI=1S/C23H36N2O7/c1-4-31-20(27)10-11-23(22(29)32-5-2)16-17(15-19(26)24-12-8-14-30-3)21(28)25-13-7-6-9-18(23)25/h9,17H,4-8,10-16H2,1-3H3,(H,24,26)/t17-,23-/m1/s1. The minimum atomic E-state index is -1.15. The number of rotatable bonds is 12. The Morgan fingerprint density at radius 2 is 1.97 bits per heavy atom. The van der Waals surface area contributed by atoms with E-state index in [1.807, 2.05) is 6.08 Å². The molecular formula is C23H36N2O7. The Bertz CT molecular complexity index is 721. The highest BCUT2D eigenvalue weighted by atomic mass is 16.5. The maximum atomic E-state index is 13.3. The quantitative estimate of drug-likeness (QED) is 0.356. The Morgan fingerprint density at radius 3 is 2.66 bits per heavy atom. The summed E-state index contributed by atoms with van der Waals surface area (Å²) in [5.74, 6) is -1.92. The van der Waals surface area contributed by atoms with Gasteiger partial charge in [-0.3, -0.25) is 19.2 Å². The summed E-state index contributed by atoms with van der Waals surface area (Å²) in [4.78, 5) is 52.7. The average Bonchev–Trinajstić information content (AvgIpc) is 2.78. The second kappa shape index (κ2) is 12.6. The predicted octanol–water partition coefficient (Wildman–Crippen LogP) is 1.95. The first-order valence-electron chi connectivity index (χ1n) is 11.5. The minimum absolute atomic E-state index is 0.0177. The lowest BCUT2D eigenvalue weighted by Gasteiger charge is -2.47. The SMILES string of the molecule is CCOC(=O)CC[C@@]1(C(=O)OCC)C[C@@H](CC(=O)NCCCOC)C(=O)N2CCCC=C21. The van der Waals surface area contributed by atoms with Gasteiger partial charge in [-0.05, 0) is 46.0 Å². The van der Waals surface area contributed by atoms with Crippen LogP contribution < -0.4 is 5.32 Å². The zero-order valence-corrected chi connectivity index (χ0v) is 19.4. The van der Waals surface area contributed by atoms with Crippen LogP contribution in [0.2, 0.25) is 0 Å². The predicted molar refractivity (Wildman–Crippen MR) is 116 cm³/mol. The largest absolute Gasteiger partial charge is 0.466 e. The molecule has 0 radical (unpaired) electrons. The molecule has 1 fully saturated rings. The van der Waals surface area contributed by atoms with Crippen LogP contribution in [0.3, 0.4) is 0 Å². The Labute approximate surface area is 189 Å². The van der Waals surface area contributed by atoms with Crippen LogP contribution in [-0.2, 0) is 33.4 Å². The van der Waals surface area contributed by atoms with Gasteiger partial charge in [-0.25, -0.2) is 0 Å². The maximum absolute atomic E-state index is 13.3. The number of allylic oxidation sites excluding steroid dienone is 1. The van der Waals surface area contributed by atoms with Crippen molar-refractivity contribution in [3.63, 3.8) is 0 Å². The average molecular weight is 453 g/mol. The Balaban J connectivity index is 2.28. The second-order valence-electron chi connectivity index (χ2n) is 8.13. The monoisotopic (exact) mass is 452 g/mol. The molecule has 2 atom stereocenters. The third-order valence-electron chi connectivity index (χ3n) is 5.92. The molecule has 2 amide bonds. The molecule has 0 aliphatic carbocycles. The van der Waals surface area contributed by atoms with Gasteiger partial charge in [0.25, 0.3) is 0 Å². The van der Waals surface area contributed by atoms with E-state index in [0.717, 1.165) is 12.8 Å². The van der Waals surface area contributed by atoms with Crippen LogP contribution in [0.15, 0.2) is 11.8 Å². The van der Waals surface area contributed by atoms with Crippen molar-refractivity contribution >= 4 is 23.8 Å². The first-order valence-corrected chi connectivity index (χ1v) is 11.5. The van der Waals surface area contributed by atoms with E-state index in [1.165, 1.54) is 0 Å². The molecular weight excluding hydrogens is 416 g/mol. The van der Waals surface area contributed by atoms with E-state index in [0.29, 0.717) is 31.8 Å². The number of hydrogen-bond donors (Lipinski definition) is 1. The third kappa shape index (κ3) is 6.31. The van der Waals surface area contributed by atoms with Crippen LogP contribution >= 0.6 is 0 Å². The van der Waals surface area contributed by atoms with Gasteiger partial charge in [-0.2, -0.15) is 0 Å². The molecule has 2 heterocycles. The summed E-state index contributed by atoms with van der Waals surface area (Å²) in [6, 6.07) is 0. The van der Waals surface area contributed by atoms with E-state index in [1.54, 1.807) is 25.9 Å². The van der Waals surface area contributed by atoms with Crippen molar-refractivity contribution in [2.45, 2.75) is 58.8 Å². The topological polar surface area (TPSA) is 111 Å². The molecule has 9 nitrogen and oxygen atoms in total. The molecule has 0 unspecified atom stereocenters. The maximum Gasteiger partial charge on any atom is 0.318 e. The van der Waals surface area contributed by atoms with Crippen molar-refractivity contribution in [1.29, 1.82) is 0 Å². The number of carbonyl (C=O) groups is 4. The summed E-state index contributed by atoms with van der Waals surface area (Å²) in [6.45, 7) is 5.36. The second-order valence-corrected chi connectivity index (χ2v) is 8.13. The first-order chi connectivity index (χ1) is 15.4. The number of methoxy groups -OCH3 is 1. The van der Waals surface area contributed by atoms with E-state index in [2.05, 4.69) is 5.32 Å². The number of ether oxygens (including phenoxy) is 3. The molecule has 2 aliphatic heterocycles. The minimum Gasteiger partial charge on any atom is -0.466 e. The normalized spacial score (nSPS) is 22.6. The fraction of sp³-hybridized carbons (Fsp3) is 0.739. The molecule has 32 heavy (non-hydrogen) atoms. The summed E-state index contributed by atoms with van der Waals surface area (Å²) in [7, 11) is 1.59. The van der Waals surface area contributed by atoms with E-state index in [9.17, 15) is 19.2 Å². The van der Waals surface area contributed by atoms with Crippen molar-refractivity contribution < 1.29 is 33.4 Å². The van der Waals surface area contributed by atoms with Crippen LogP contribution in [0, 0.1) is 11.3 Å². The van der Waals surface area contributed by atoms with Gasteiger partial charge in [0, 0.05) is 51.3 Å². The molecule has 2 aliphatic rings. The van der Waals surface area contributed by atoms with Gasteiger partial charge >= 0.3 is 11.9 Å². The Hall–Kier alpha value is -2.42. The van der Waals surface area contributed by atoms with Crippen molar-refractivity contribution in [1.82, 2.24) is 10.2 Å². The van der Waals surface area contributed by atoms with Crippen LogP contribution in [0.25, 0.3) is 0 Å². The summed E-state index contributed by atoms with van der Waals surface area (Å²) >= 11 is 0. The number of piperidine rings is 1. The highest BCUT2D eigenvalue weighted by molar-refractivity contribution is 5.92. The summed E-state index contributed by atoms with van der Waals surface area (Å²) in [6.07, 6.45) is 4.42. The molecule has 0 bridgehead atoms. The van der Waals surface area contributed by atoms with Crippen LogP contribution in [-0.4, -0.2) is 68.7 Å². The number of nitrogens with one attached hydrogen (secondary N) is 1. The fourth-order valence-electron chi connectivity index (χ4n) is 4.47. The highest BCUT2D eigenvalue weighted by Crippen LogP contribution is 2.49. The zero-order valence-electron chi connectivity index (χ0n) is 19.4. The Kier molecular flexibility index (Phi) is 10.2. The Morgan fingerprint density at radius 1 is 1.22 bits per heavy atom. The molecule has 0 aromatic carbocycles. The molecule has 0 aromatic heterocycles. The van der Waals surface area contributed by atoms with Gasteiger partial charge in [0.05, 0.1) is 13.2 Å². The van der Waals surface area contributed by atoms with Gasteiger partial charge < -0.3 is 24.4 Å². The summed E-state index contributed by atoms with van der Waals surface area (Å²) in [5, 5.41) is 2.81. The number of hydrogen-bond acceptors (Lipinski definition) is 7. The fourth-order valence-corrected chi connectivity index (χ4v) is 4.47. The van der Waals surface area contributed by atoms with E-state index in [-0.39, 0.29) is 50.7 Å². The lowest BCUT2D eigenvalue weighted by molar-refractivity contribution is -0.162. The summed E-state index contributed by atoms with van der Waals surface area (Å²) < 4.78 is 15.5. The molecule has 180 valence electrons. The summed E-state index contributed by atoms with van der Waals surface area (Å²) in [5.41, 5.74) is -0.550. The number of carbonyl (C=O) groups excluding carboxylic acids is 4. The van der Waals surface area contributed by atoms with Gasteiger partial charge in [-0.1, -0.05) is 6.08 Å². The zero-order chi connectivity index (χ0) is 23.6. The van der Waals surface area contributed by atoms with E-state index < -0.39 is 23.3 Å². The first kappa shape index (κ1) is 25.8. The number of esters is 2. The molecule has 0 saturated carbocycles. The molecule has 1 N–H and O–H groups in total. The highest BCUT2D eigenvalue weighted by Gasteiger charge is 2.54. The molecule has 0 aromatic rings. The third-order valence-corrected chi connectivity index (χ3v) is 5.92. The van der Waals surface area contributed by atoms with Crippen LogP contribution in [0.4, 0.5) is 0 Å².